The summed E-state index contributed by atoms with van der Waals surface area (Å²) >= 11 is 3.47. The predicted molar refractivity (Wildman–Crippen MR) is 74.3 cm³/mol. The maximum atomic E-state index is 11.0. The zero-order chi connectivity index (χ0) is 14.0. The van der Waals surface area contributed by atoms with Crippen molar-refractivity contribution in [1.82, 2.24) is 10.5 Å². The SMILES string of the molecule is Cc1cc(C)c2c(Br)c(OCC(=O)NO)ccc2n1. The van der Waals surface area contributed by atoms with E-state index < -0.39 is 5.91 Å². The molecule has 0 aliphatic heterocycles. The lowest BCUT2D eigenvalue weighted by Crippen LogP contribution is -2.25. The van der Waals surface area contributed by atoms with Gasteiger partial charge in [0.15, 0.2) is 6.61 Å². The van der Waals surface area contributed by atoms with Crippen molar-refractivity contribution in [2.24, 2.45) is 0 Å². The number of rotatable bonds is 3. The van der Waals surface area contributed by atoms with Gasteiger partial charge in [-0.15, -0.1) is 0 Å². The van der Waals surface area contributed by atoms with Crippen LogP contribution in [0.2, 0.25) is 0 Å². The number of fused-ring (bicyclic) bond motifs is 1. The minimum absolute atomic E-state index is 0.251. The summed E-state index contributed by atoms with van der Waals surface area (Å²) in [6, 6.07) is 5.56. The molecule has 19 heavy (non-hydrogen) atoms. The number of ether oxygens (including phenoxy) is 1. The summed E-state index contributed by atoms with van der Waals surface area (Å²) < 4.78 is 6.09. The molecule has 0 aliphatic rings. The molecule has 0 atom stereocenters. The van der Waals surface area contributed by atoms with E-state index in [2.05, 4.69) is 20.9 Å². The highest BCUT2D eigenvalue weighted by atomic mass is 79.9. The highest BCUT2D eigenvalue weighted by Crippen LogP contribution is 2.34. The van der Waals surface area contributed by atoms with Crippen LogP contribution in [0.1, 0.15) is 11.3 Å². The number of carbonyl (C=O) groups excluding carboxylic acids is 1. The van der Waals surface area contributed by atoms with Gasteiger partial charge in [0.2, 0.25) is 0 Å². The van der Waals surface area contributed by atoms with Gasteiger partial charge < -0.3 is 4.74 Å². The topological polar surface area (TPSA) is 71.5 Å². The zero-order valence-electron chi connectivity index (χ0n) is 10.5. The van der Waals surface area contributed by atoms with Crippen LogP contribution in [0.5, 0.6) is 5.75 Å². The number of hydroxylamine groups is 1. The molecule has 2 N–H and O–H groups in total. The fourth-order valence-electron chi connectivity index (χ4n) is 1.91. The summed E-state index contributed by atoms with van der Waals surface area (Å²) in [6.45, 7) is 3.68. The van der Waals surface area contributed by atoms with Gasteiger partial charge in [-0.25, -0.2) is 5.48 Å². The Hall–Kier alpha value is -1.66. The van der Waals surface area contributed by atoms with Crippen molar-refractivity contribution in [2.75, 3.05) is 6.61 Å². The third-order valence-corrected chi connectivity index (χ3v) is 3.47. The first-order valence-electron chi connectivity index (χ1n) is 5.65. The highest BCUT2D eigenvalue weighted by Gasteiger charge is 2.11. The molecule has 0 saturated heterocycles. The van der Waals surface area contributed by atoms with E-state index in [1.807, 2.05) is 26.0 Å². The van der Waals surface area contributed by atoms with Gasteiger partial charge >= 0.3 is 0 Å². The van der Waals surface area contributed by atoms with Crippen LogP contribution in [0.25, 0.3) is 10.9 Å². The number of carbonyl (C=O) groups is 1. The van der Waals surface area contributed by atoms with Gasteiger partial charge in [0.25, 0.3) is 5.91 Å². The summed E-state index contributed by atoms with van der Waals surface area (Å²) in [4.78, 5) is 15.4. The summed E-state index contributed by atoms with van der Waals surface area (Å²) in [6.07, 6.45) is 0. The number of aryl methyl sites for hydroxylation is 2. The van der Waals surface area contributed by atoms with Crippen LogP contribution >= 0.6 is 15.9 Å². The molecular weight excluding hydrogens is 312 g/mol. The highest BCUT2D eigenvalue weighted by molar-refractivity contribution is 9.10. The van der Waals surface area contributed by atoms with Crippen LogP contribution in [0.4, 0.5) is 0 Å². The lowest BCUT2D eigenvalue weighted by Gasteiger charge is -2.11. The second-order valence-corrected chi connectivity index (χ2v) is 4.97. The summed E-state index contributed by atoms with van der Waals surface area (Å²) in [7, 11) is 0. The van der Waals surface area contributed by atoms with E-state index in [0.29, 0.717) is 5.75 Å². The number of nitrogens with one attached hydrogen (secondary N) is 1. The molecule has 1 aromatic heterocycles. The standard InChI is InChI=1S/C13H13BrN2O3/c1-7-5-8(2)15-9-3-4-10(13(14)12(7)9)19-6-11(17)16-18/h3-5,18H,6H2,1-2H3,(H,16,17). The first-order valence-corrected chi connectivity index (χ1v) is 6.44. The van der Waals surface area contributed by atoms with Gasteiger partial charge in [0, 0.05) is 11.1 Å². The monoisotopic (exact) mass is 324 g/mol. The maximum Gasteiger partial charge on any atom is 0.281 e. The molecule has 6 heteroatoms. The number of aromatic nitrogens is 1. The van der Waals surface area contributed by atoms with Gasteiger partial charge in [0.1, 0.15) is 5.75 Å². The lowest BCUT2D eigenvalue weighted by atomic mass is 10.1. The molecule has 1 heterocycles. The average Bonchev–Trinajstić information content (AvgIpc) is 2.36. The molecule has 0 radical (unpaired) electrons. The van der Waals surface area contributed by atoms with Crippen molar-refractivity contribution >= 4 is 32.7 Å². The molecule has 0 aliphatic carbocycles. The Bertz CT molecular complexity index is 643. The van der Waals surface area contributed by atoms with E-state index in [9.17, 15) is 4.79 Å². The lowest BCUT2D eigenvalue weighted by molar-refractivity contribution is -0.131. The van der Waals surface area contributed by atoms with E-state index in [1.54, 1.807) is 6.07 Å². The van der Waals surface area contributed by atoms with Crippen LogP contribution in [-0.2, 0) is 4.79 Å². The molecule has 0 fully saturated rings. The van der Waals surface area contributed by atoms with E-state index in [4.69, 9.17) is 9.94 Å². The summed E-state index contributed by atoms with van der Waals surface area (Å²) in [5.41, 5.74) is 4.41. The Labute approximate surface area is 118 Å². The second kappa shape index (κ2) is 5.54. The molecular formula is C13H13BrN2O3. The molecule has 0 unspecified atom stereocenters. The molecule has 0 spiro atoms. The quantitative estimate of drug-likeness (QED) is 0.672. The third-order valence-electron chi connectivity index (χ3n) is 2.68. The Morgan fingerprint density at radius 3 is 2.89 bits per heavy atom. The molecule has 2 aromatic rings. The van der Waals surface area contributed by atoms with Gasteiger partial charge in [0.05, 0.1) is 9.99 Å². The van der Waals surface area contributed by atoms with Crippen molar-refractivity contribution < 1.29 is 14.7 Å². The van der Waals surface area contributed by atoms with Crippen molar-refractivity contribution in [2.45, 2.75) is 13.8 Å². The molecule has 100 valence electrons. The number of halogens is 1. The fraction of sp³-hybridized carbons (Fsp3) is 0.231. The van der Waals surface area contributed by atoms with E-state index in [-0.39, 0.29) is 6.61 Å². The minimum Gasteiger partial charge on any atom is -0.482 e. The van der Waals surface area contributed by atoms with E-state index >= 15 is 0 Å². The maximum absolute atomic E-state index is 11.0. The van der Waals surface area contributed by atoms with Gasteiger partial charge in [-0.3, -0.25) is 15.0 Å². The smallest absolute Gasteiger partial charge is 0.281 e. The van der Waals surface area contributed by atoms with Crippen LogP contribution in [-0.4, -0.2) is 22.7 Å². The van der Waals surface area contributed by atoms with Crippen molar-refractivity contribution in [1.29, 1.82) is 0 Å². The summed E-state index contributed by atoms with van der Waals surface area (Å²) in [5, 5.41) is 9.38. The van der Waals surface area contributed by atoms with Crippen LogP contribution < -0.4 is 10.2 Å². The molecule has 1 amide bonds. The molecule has 1 aromatic carbocycles. The predicted octanol–water partition coefficient (Wildman–Crippen LogP) is 2.50. The minimum atomic E-state index is -0.606. The van der Waals surface area contributed by atoms with Crippen molar-refractivity contribution in [3.63, 3.8) is 0 Å². The third kappa shape index (κ3) is 2.85. The largest absolute Gasteiger partial charge is 0.482 e. The van der Waals surface area contributed by atoms with E-state index in [0.717, 1.165) is 26.6 Å². The first-order chi connectivity index (χ1) is 9.02. The molecule has 0 saturated carbocycles. The fourth-order valence-corrected chi connectivity index (χ4v) is 2.67. The Morgan fingerprint density at radius 2 is 2.21 bits per heavy atom. The van der Waals surface area contributed by atoms with Crippen molar-refractivity contribution in [3.8, 4) is 5.75 Å². The Kier molecular flexibility index (Phi) is 4.01. The van der Waals surface area contributed by atoms with Crippen LogP contribution in [0.3, 0.4) is 0 Å². The summed E-state index contributed by atoms with van der Waals surface area (Å²) in [5.74, 6) is -0.0735. The molecule has 0 bridgehead atoms. The Balaban J connectivity index is 2.43. The number of hydrogen-bond donors (Lipinski definition) is 2. The number of hydrogen-bond acceptors (Lipinski definition) is 4. The molecule has 2 rings (SSSR count). The Morgan fingerprint density at radius 1 is 1.47 bits per heavy atom. The number of amides is 1. The zero-order valence-corrected chi connectivity index (χ0v) is 12.1. The number of benzene rings is 1. The van der Waals surface area contributed by atoms with Crippen LogP contribution in [0.15, 0.2) is 22.7 Å². The number of pyridine rings is 1. The normalized spacial score (nSPS) is 10.5. The second-order valence-electron chi connectivity index (χ2n) is 4.18. The van der Waals surface area contributed by atoms with E-state index in [1.165, 1.54) is 5.48 Å². The van der Waals surface area contributed by atoms with Crippen molar-refractivity contribution in [3.05, 3.63) is 33.9 Å². The van der Waals surface area contributed by atoms with Gasteiger partial charge in [-0.1, -0.05) is 0 Å². The van der Waals surface area contributed by atoms with Gasteiger partial charge in [-0.2, -0.15) is 0 Å². The van der Waals surface area contributed by atoms with Crippen LogP contribution in [0, 0.1) is 13.8 Å². The molecule has 5 nitrogen and oxygen atoms in total. The first kappa shape index (κ1) is 13.8. The average molecular weight is 325 g/mol. The van der Waals surface area contributed by atoms with Gasteiger partial charge in [-0.05, 0) is 53.5 Å². The number of nitrogens with zero attached hydrogens (tertiary/aromatic N) is 1.